The number of aromatic hydroxyl groups is 1. The van der Waals surface area contributed by atoms with Gasteiger partial charge in [-0.25, -0.2) is 0 Å². The van der Waals surface area contributed by atoms with Gasteiger partial charge in [-0.15, -0.1) is 0 Å². The quantitative estimate of drug-likeness (QED) is 0.797. The van der Waals surface area contributed by atoms with Crippen molar-refractivity contribution in [3.8, 4) is 5.75 Å². The van der Waals surface area contributed by atoms with Crippen LogP contribution in [0.15, 0.2) is 18.2 Å². The number of hydrogen-bond donors (Lipinski definition) is 1. The zero-order valence-corrected chi connectivity index (χ0v) is 9.06. The first-order valence-electron chi connectivity index (χ1n) is 3.71. The maximum Gasteiger partial charge on any atom is 0.134 e. The molecule has 0 spiro atoms. The summed E-state index contributed by atoms with van der Waals surface area (Å²) in [5, 5.41) is 9.55. The van der Waals surface area contributed by atoms with Crippen LogP contribution in [0.3, 0.4) is 0 Å². The normalized spacial score (nSPS) is 12.9. The highest BCUT2D eigenvalue weighted by Crippen LogP contribution is 2.24. The van der Waals surface area contributed by atoms with Crippen LogP contribution in [0.25, 0.3) is 0 Å². The van der Waals surface area contributed by atoms with Crippen LogP contribution in [0.5, 0.6) is 5.75 Å². The molecule has 0 aliphatic carbocycles. The minimum absolute atomic E-state index is 0.141. The maximum atomic E-state index is 9.13. The lowest BCUT2D eigenvalue weighted by atomic mass is 10.1. The van der Waals surface area contributed by atoms with E-state index >= 15 is 0 Å². The van der Waals surface area contributed by atoms with E-state index in [-0.39, 0.29) is 5.75 Å². The van der Waals surface area contributed by atoms with Gasteiger partial charge in [0.05, 0.1) is 5.02 Å². The summed E-state index contributed by atoms with van der Waals surface area (Å²) in [5.41, 5.74) is 1.13. The summed E-state index contributed by atoms with van der Waals surface area (Å²) < 4.78 is 0. The van der Waals surface area contributed by atoms with Gasteiger partial charge in [0.2, 0.25) is 0 Å². The molecule has 1 N–H and O–H groups in total. The molecule has 0 aliphatic heterocycles. The third-order valence-electron chi connectivity index (χ3n) is 1.53. The number of rotatable bonds is 2. The third-order valence-corrected chi connectivity index (χ3v) is 2.16. The van der Waals surface area contributed by atoms with E-state index < -0.39 is 0 Å². The number of halogens is 2. The first-order valence-corrected chi connectivity index (χ1v) is 5.00. The van der Waals surface area contributed by atoms with Gasteiger partial charge in [-0.05, 0) is 24.1 Å². The average molecular weight is 250 g/mol. The number of phenols is 1. The lowest BCUT2D eigenvalue weighted by Crippen LogP contribution is -1.95. The SMILES string of the molecule is CC(Br)Cc1ccc(O)c(Cl)c1. The van der Waals surface area contributed by atoms with Crippen LogP contribution < -0.4 is 0 Å². The van der Waals surface area contributed by atoms with E-state index in [0.29, 0.717) is 9.85 Å². The Labute approximate surface area is 85.5 Å². The molecule has 0 amide bonds. The Hall–Kier alpha value is -0.210. The van der Waals surface area contributed by atoms with E-state index in [1.807, 2.05) is 6.07 Å². The van der Waals surface area contributed by atoms with E-state index in [2.05, 4.69) is 22.9 Å². The smallest absolute Gasteiger partial charge is 0.134 e. The Morgan fingerprint density at radius 3 is 2.75 bits per heavy atom. The van der Waals surface area contributed by atoms with Crippen molar-refractivity contribution in [1.29, 1.82) is 0 Å². The highest BCUT2D eigenvalue weighted by molar-refractivity contribution is 9.09. The Morgan fingerprint density at radius 2 is 2.25 bits per heavy atom. The molecule has 1 unspecified atom stereocenters. The van der Waals surface area contributed by atoms with Crippen molar-refractivity contribution in [1.82, 2.24) is 0 Å². The average Bonchev–Trinajstić information content (AvgIpc) is 1.96. The second kappa shape index (κ2) is 4.15. The molecule has 66 valence electrons. The minimum atomic E-state index is 0.141. The summed E-state index contributed by atoms with van der Waals surface area (Å²) in [7, 11) is 0. The number of phenolic OH excluding ortho intramolecular Hbond substituents is 1. The summed E-state index contributed by atoms with van der Waals surface area (Å²) in [5.74, 6) is 0.141. The topological polar surface area (TPSA) is 20.2 Å². The predicted molar refractivity (Wildman–Crippen MR) is 55.2 cm³/mol. The highest BCUT2D eigenvalue weighted by Gasteiger charge is 2.02. The minimum Gasteiger partial charge on any atom is -0.506 e. The lowest BCUT2D eigenvalue weighted by Gasteiger charge is -2.04. The van der Waals surface area contributed by atoms with Crippen LogP contribution in [0, 0.1) is 0 Å². The van der Waals surface area contributed by atoms with E-state index in [1.165, 1.54) is 0 Å². The molecule has 0 fully saturated rings. The van der Waals surface area contributed by atoms with Gasteiger partial charge in [-0.1, -0.05) is 40.5 Å². The molecule has 0 saturated heterocycles. The summed E-state index contributed by atoms with van der Waals surface area (Å²) in [6.45, 7) is 2.07. The van der Waals surface area contributed by atoms with Crippen molar-refractivity contribution in [2.24, 2.45) is 0 Å². The Kier molecular flexibility index (Phi) is 3.41. The Bertz CT molecular complexity index is 273. The van der Waals surface area contributed by atoms with Crippen LogP contribution in [0.4, 0.5) is 0 Å². The van der Waals surface area contributed by atoms with Gasteiger partial charge in [0, 0.05) is 4.83 Å². The fraction of sp³-hybridized carbons (Fsp3) is 0.333. The predicted octanol–water partition coefficient (Wildman–Crippen LogP) is 3.37. The molecule has 3 heteroatoms. The van der Waals surface area contributed by atoms with Gasteiger partial charge in [-0.3, -0.25) is 0 Å². The van der Waals surface area contributed by atoms with Gasteiger partial charge < -0.3 is 5.11 Å². The first kappa shape index (κ1) is 9.87. The van der Waals surface area contributed by atoms with Gasteiger partial charge in [0.15, 0.2) is 0 Å². The fourth-order valence-electron chi connectivity index (χ4n) is 1.00. The Balaban J connectivity index is 2.82. The number of alkyl halides is 1. The Morgan fingerprint density at radius 1 is 1.58 bits per heavy atom. The van der Waals surface area contributed by atoms with E-state index in [0.717, 1.165) is 12.0 Å². The van der Waals surface area contributed by atoms with E-state index in [1.54, 1.807) is 12.1 Å². The van der Waals surface area contributed by atoms with Crippen molar-refractivity contribution in [3.05, 3.63) is 28.8 Å². The van der Waals surface area contributed by atoms with Crippen molar-refractivity contribution < 1.29 is 5.11 Å². The summed E-state index contributed by atoms with van der Waals surface area (Å²) >= 11 is 9.18. The molecule has 1 rings (SSSR count). The van der Waals surface area contributed by atoms with Crippen LogP contribution in [-0.4, -0.2) is 9.93 Å². The second-order valence-corrected chi connectivity index (χ2v) is 4.74. The van der Waals surface area contributed by atoms with Gasteiger partial charge >= 0.3 is 0 Å². The summed E-state index contributed by atoms with van der Waals surface area (Å²) in [6, 6.07) is 5.28. The van der Waals surface area contributed by atoms with Gasteiger partial charge in [0.25, 0.3) is 0 Å². The van der Waals surface area contributed by atoms with Crippen molar-refractivity contribution in [3.63, 3.8) is 0 Å². The third kappa shape index (κ3) is 2.68. The molecule has 0 aliphatic rings. The van der Waals surface area contributed by atoms with Crippen LogP contribution in [-0.2, 0) is 6.42 Å². The number of hydrogen-bond acceptors (Lipinski definition) is 1. The zero-order chi connectivity index (χ0) is 9.14. The lowest BCUT2D eigenvalue weighted by molar-refractivity contribution is 0.475. The molecule has 12 heavy (non-hydrogen) atoms. The van der Waals surface area contributed by atoms with Crippen LogP contribution >= 0.6 is 27.5 Å². The maximum absolute atomic E-state index is 9.13. The monoisotopic (exact) mass is 248 g/mol. The standard InChI is InChI=1S/C9H10BrClO/c1-6(10)4-7-2-3-9(12)8(11)5-7/h2-3,5-6,12H,4H2,1H3. The molecule has 1 aromatic rings. The number of benzene rings is 1. The molecule has 0 heterocycles. The molecule has 0 radical (unpaired) electrons. The van der Waals surface area contributed by atoms with Crippen LogP contribution in [0.1, 0.15) is 12.5 Å². The second-order valence-electron chi connectivity index (χ2n) is 2.77. The molecule has 1 aromatic carbocycles. The molecular formula is C9H10BrClO. The van der Waals surface area contributed by atoms with E-state index in [4.69, 9.17) is 16.7 Å². The van der Waals surface area contributed by atoms with Crippen molar-refractivity contribution in [2.45, 2.75) is 18.2 Å². The zero-order valence-electron chi connectivity index (χ0n) is 6.72. The molecule has 1 atom stereocenters. The molecular weight excluding hydrogens is 239 g/mol. The first-order chi connectivity index (χ1) is 5.59. The van der Waals surface area contributed by atoms with Crippen LogP contribution in [0.2, 0.25) is 5.02 Å². The van der Waals surface area contributed by atoms with Crippen molar-refractivity contribution in [2.75, 3.05) is 0 Å². The highest BCUT2D eigenvalue weighted by atomic mass is 79.9. The van der Waals surface area contributed by atoms with E-state index in [9.17, 15) is 0 Å². The molecule has 0 aromatic heterocycles. The van der Waals surface area contributed by atoms with Crippen molar-refractivity contribution >= 4 is 27.5 Å². The van der Waals surface area contributed by atoms with Gasteiger partial charge in [0.1, 0.15) is 5.75 Å². The summed E-state index contributed by atoms with van der Waals surface area (Å²) in [6.07, 6.45) is 0.917. The molecule has 0 saturated carbocycles. The fourth-order valence-corrected chi connectivity index (χ4v) is 1.58. The van der Waals surface area contributed by atoms with Gasteiger partial charge in [-0.2, -0.15) is 0 Å². The molecule has 1 nitrogen and oxygen atoms in total. The molecule has 0 bridgehead atoms. The summed E-state index contributed by atoms with van der Waals surface area (Å²) in [4.78, 5) is 0.429. The largest absolute Gasteiger partial charge is 0.506 e.